The maximum Gasteiger partial charge on any atom is 0.229 e. The molecule has 0 spiro atoms. The first-order chi connectivity index (χ1) is 17.9. The van der Waals surface area contributed by atoms with Crippen LogP contribution in [0.4, 0.5) is 23.1 Å². The summed E-state index contributed by atoms with van der Waals surface area (Å²) in [5.74, 6) is 2.26. The van der Waals surface area contributed by atoms with Gasteiger partial charge >= 0.3 is 0 Å². The third kappa shape index (κ3) is 5.69. The average molecular weight is 522 g/mol. The number of aliphatic hydroxyl groups is 1. The van der Waals surface area contributed by atoms with Gasteiger partial charge < -0.3 is 25.8 Å². The Hall–Kier alpha value is -2.87. The number of hydrogen-bond donors (Lipinski definition) is 4. The monoisotopic (exact) mass is 521 g/mol. The molecule has 0 atom stereocenters. The van der Waals surface area contributed by atoms with Crippen molar-refractivity contribution >= 4 is 34.7 Å². The van der Waals surface area contributed by atoms with E-state index in [0.29, 0.717) is 22.7 Å². The molecule has 1 aliphatic carbocycles. The number of aryl methyl sites for hydroxylation is 1. The van der Waals surface area contributed by atoms with E-state index in [4.69, 9.17) is 21.3 Å². The molecule has 0 bridgehead atoms. The standard InChI is InChI=1S/C29H36ClN5O2/c1-18(2)37-26-15-21(20-8-12-31-13-9-20)19(3)14-25(26)34-28-32-16-23(30)27(35-28)33-24-7-5-4-6-22(24)29(17-36)10-11-29/h4-7,14-16,18,20,31,36H,8-13,17H2,1-3H3,(H2,32,33,34,35). The van der Waals surface area contributed by atoms with Crippen LogP contribution in [0.5, 0.6) is 5.75 Å². The molecule has 196 valence electrons. The molecular weight excluding hydrogens is 486 g/mol. The summed E-state index contributed by atoms with van der Waals surface area (Å²) in [7, 11) is 0. The van der Waals surface area contributed by atoms with Crippen LogP contribution in [0.2, 0.25) is 5.02 Å². The Kier molecular flexibility index (Phi) is 7.56. The highest BCUT2D eigenvalue weighted by molar-refractivity contribution is 6.32. The van der Waals surface area contributed by atoms with Gasteiger partial charge in [0.2, 0.25) is 5.95 Å². The summed E-state index contributed by atoms with van der Waals surface area (Å²) in [4.78, 5) is 9.14. The van der Waals surface area contributed by atoms with E-state index in [2.05, 4.69) is 46.1 Å². The van der Waals surface area contributed by atoms with Crippen LogP contribution in [0, 0.1) is 6.92 Å². The number of benzene rings is 2. The fraction of sp³-hybridized carbons (Fsp3) is 0.448. The molecule has 0 unspecified atom stereocenters. The Labute approximate surface area is 224 Å². The fourth-order valence-corrected chi connectivity index (χ4v) is 5.35. The number of aromatic nitrogens is 2. The summed E-state index contributed by atoms with van der Waals surface area (Å²) in [6, 6.07) is 12.3. The van der Waals surface area contributed by atoms with Gasteiger partial charge in [0.1, 0.15) is 10.8 Å². The van der Waals surface area contributed by atoms with Crippen molar-refractivity contribution < 1.29 is 9.84 Å². The quantitative estimate of drug-likeness (QED) is 0.266. The van der Waals surface area contributed by atoms with Gasteiger partial charge in [0.25, 0.3) is 0 Å². The number of hydrogen-bond acceptors (Lipinski definition) is 7. The second-order valence-electron chi connectivity index (χ2n) is 10.5. The van der Waals surface area contributed by atoms with Crippen molar-refractivity contribution in [1.82, 2.24) is 15.3 Å². The van der Waals surface area contributed by atoms with Crippen molar-refractivity contribution in [2.24, 2.45) is 0 Å². The zero-order valence-electron chi connectivity index (χ0n) is 21.8. The summed E-state index contributed by atoms with van der Waals surface area (Å²) in [5.41, 5.74) is 5.20. The molecule has 0 radical (unpaired) electrons. The number of anilines is 4. The Morgan fingerprint density at radius 1 is 1.14 bits per heavy atom. The SMILES string of the molecule is Cc1cc(Nc2ncc(Cl)c(Nc3ccccc3C3(CO)CC3)n2)c(OC(C)C)cc1C1CCNCC1. The molecule has 4 N–H and O–H groups in total. The fourth-order valence-electron chi connectivity index (χ4n) is 5.21. The number of nitrogens with zero attached hydrogens (tertiary/aromatic N) is 2. The van der Waals surface area contributed by atoms with Crippen LogP contribution < -0.4 is 20.7 Å². The summed E-state index contributed by atoms with van der Waals surface area (Å²) >= 11 is 6.50. The molecule has 5 rings (SSSR count). The number of aliphatic hydroxyl groups excluding tert-OH is 1. The smallest absolute Gasteiger partial charge is 0.229 e. The van der Waals surface area contributed by atoms with Crippen molar-refractivity contribution in [1.29, 1.82) is 0 Å². The number of nitrogens with one attached hydrogen (secondary N) is 3. The van der Waals surface area contributed by atoms with Crippen molar-refractivity contribution in [3.05, 3.63) is 64.3 Å². The lowest BCUT2D eigenvalue weighted by Gasteiger charge is -2.26. The van der Waals surface area contributed by atoms with Crippen molar-refractivity contribution in [2.75, 3.05) is 30.3 Å². The number of ether oxygens (including phenoxy) is 1. The Morgan fingerprint density at radius 3 is 2.59 bits per heavy atom. The molecular formula is C29H36ClN5O2. The van der Waals surface area contributed by atoms with E-state index in [1.807, 2.05) is 32.0 Å². The molecule has 2 fully saturated rings. The van der Waals surface area contributed by atoms with Gasteiger partial charge in [-0.3, -0.25) is 0 Å². The molecule has 1 aliphatic heterocycles. The lowest BCUT2D eigenvalue weighted by atomic mass is 9.87. The number of rotatable bonds is 9. The number of para-hydroxylation sites is 1. The molecule has 8 heteroatoms. The lowest BCUT2D eigenvalue weighted by Crippen LogP contribution is -2.27. The molecule has 37 heavy (non-hydrogen) atoms. The van der Waals surface area contributed by atoms with Gasteiger partial charge in [0.05, 0.1) is 24.6 Å². The van der Waals surface area contributed by atoms with Gasteiger partial charge in [-0.15, -0.1) is 0 Å². The van der Waals surface area contributed by atoms with Gasteiger partial charge in [0, 0.05) is 11.1 Å². The van der Waals surface area contributed by atoms with E-state index in [-0.39, 0.29) is 18.1 Å². The normalized spacial score (nSPS) is 17.0. The number of piperidine rings is 1. The zero-order chi connectivity index (χ0) is 26.0. The minimum absolute atomic E-state index is 0.0327. The molecule has 3 aromatic rings. The second kappa shape index (κ2) is 10.9. The second-order valence-corrected chi connectivity index (χ2v) is 10.9. The van der Waals surface area contributed by atoms with E-state index < -0.39 is 0 Å². The topological polar surface area (TPSA) is 91.3 Å². The predicted octanol–water partition coefficient (Wildman–Crippen LogP) is 6.20. The zero-order valence-corrected chi connectivity index (χ0v) is 22.5. The molecule has 1 saturated carbocycles. The van der Waals surface area contributed by atoms with E-state index in [1.54, 1.807) is 6.20 Å². The third-order valence-electron chi connectivity index (χ3n) is 7.41. The van der Waals surface area contributed by atoms with Crippen LogP contribution in [0.25, 0.3) is 0 Å². The largest absolute Gasteiger partial charge is 0.489 e. The Morgan fingerprint density at radius 2 is 1.89 bits per heavy atom. The first-order valence-corrected chi connectivity index (χ1v) is 13.6. The Balaban J connectivity index is 1.43. The van der Waals surface area contributed by atoms with Crippen LogP contribution in [0.1, 0.15) is 62.1 Å². The Bertz CT molecular complexity index is 1260. The van der Waals surface area contributed by atoms with E-state index in [0.717, 1.165) is 61.5 Å². The molecule has 1 aromatic heterocycles. The van der Waals surface area contributed by atoms with Crippen LogP contribution in [-0.2, 0) is 5.41 Å². The minimum atomic E-state index is -0.180. The van der Waals surface area contributed by atoms with E-state index >= 15 is 0 Å². The number of halogens is 1. The first kappa shape index (κ1) is 25.8. The minimum Gasteiger partial charge on any atom is -0.489 e. The highest BCUT2D eigenvalue weighted by Crippen LogP contribution is 2.50. The molecule has 2 aromatic carbocycles. The molecule has 7 nitrogen and oxygen atoms in total. The summed E-state index contributed by atoms with van der Waals surface area (Å²) in [5, 5.41) is 20.6. The van der Waals surface area contributed by atoms with E-state index in [9.17, 15) is 5.11 Å². The average Bonchev–Trinajstić information content (AvgIpc) is 3.69. The lowest BCUT2D eigenvalue weighted by molar-refractivity contribution is 0.243. The molecule has 2 aliphatic rings. The van der Waals surface area contributed by atoms with Crippen LogP contribution in [-0.4, -0.2) is 40.9 Å². The summed E-state index contributed by atoms with van der Waals surface area (Å²) < 4.78 is 6.23. The van der Waals surface area contributed by atoms with Crippen molar-refractivity contribution in [3.63, 3.8) is 0 Å². The van der Waals surface area contributed by atoms with Crippen molar-refractivity contribution in [3.8, 4) is 5.75 Å². The predicted molar refractivity (Wildman–Crippen MR) is 150 cm³/mol. The van der Waals surface area contributed by atoms with Crippen LogP contribution in [0.3, 0.4) is 0 Å². The van der Waals surface area contributed by atoms with Gasteiger partial charge in [-0.05, 0) is 100 Å². The molecule has 2 heterocycles. The maximum atomic E-state index is 9.97. The molecule has 0 amide bonds. The third-order valence-corrected chi connectivity index (χ3v) is 7.68. The van der Waals surface area contributed by atoms with Crippen LogP contribution in [0.15, 0.2) is 42.6 Å². The first-order valence-electron chi connectivity index (χ1n) is 13.2. The highest BCUT2D eigenvalue weighted by Gasteiger charge is 2.45. The summed E-state index contributed by atoms with van der Waals surface area (Å²) in [6.45, 7) is 8.43. The maximum absolute atomic E-state index is 9.97. The van der Waals surface area contributed by atoms with Gasteiger partial charge in [-0.1, -0.05) is 29.8 Å². The highest BCUT2D eigenvalue weighted by atomic mass is 35.5. The molecule has 1 saturated heterocycles. The van der Waals surface area contributed by atoms with Crippen LogP contribution >= 0.6 is 11.6 Å². The van der Waals surface area contributed by atoms with Gasteiger partial charge in [0.15, 0.2) is 5.82 Å². The van der Waals surface area contributed by atoms with Gasteiger partial charge in [-0.2, -0.15) is 4.98 Å². The summed E-state index contributed by atoms with van der Waals surface area (Å²) in [6.07, 6.45) is 5.83. The van der Waals surface area contributed by atoms with Crippen molar-refractivity contribution in [2.45, 2.75) is 63.9 Å². The van der Waals surface area contributed by atoms with E-state index in [1.165, 1.54) is 11.1 Å². The van der Waals surface area contributed by atoms with Gasteiger partial charge in [-0.25, -0.2) is 4.98 Å².